The number of hydrogen-bond donors (Lipinski definition) is 2. The second kappa shape index (κ2) is 9.43. The van der Waals surface area contributed by atoms with E-state index in [-0.39, 0.29) is 6.04 Å². The Bertz CT molecular complexity index is 663. The zero-order chi connectivity index (χ0) is 18.2. The molecule has 1 saturated heterocycles. The van der Waals surface area contributed by atoms with Gasteiger partial charge in [-0.15, -0.1) is 0 Å². The van der Waals surface area contributed by atoms with Crippen molar-refractivity contribution in [2.24, 2.45) is 4.99 Å². The Balaban J connectivity index is 1.53. The maximum Gasteiger partial charge on any atom is 0.191 e. The number of furan rings is 1. The second-order valence-corrected chi connectivity index (χ2v) is 6.92. The average Bonchev–Trinajstić information content (AvgIpc) is 3.39. The summed E-state index contributed by atoms with van der Waals surface area (Å²) >= 11 is 0. The largest absolute Gasteiger partial charge is 0.468 e. The summed E-state index contributed by atoms with van der Waals surface area (Å²) in [7, 11) is 1.82. The third-order valence-corrected chi connectivity index (χ3v) is 5.08. The minimum atomic E-state index is 0.248. The molecule has 2 aromatic rings. The van der Waals surface area contributed by atoms with E-state index in [0.717, 1.165) is 37.9 Å². The summed E-state index contributed by atoms with van der Waals surface area (Å²) in [5.41, 5.74) is 1.33. The van der Waals surface area contributed by atoms with Gasteiger partial charge in [0.05, 0.1) is 12.3 Å². The van der Waals surface area contributed by atoms with E-state index in [1.807, 2.05) is 13.1 Å². The molecule has 3 rings (SSSR count). The molecule has 2 unspecified atom stereocenters. The Morgan fingerprint density at radius 3 is 2.46 bits per heavy atom. The van der Waals surface area contributed by atoms with Crippen LogP contribution in [-0.2, 0) is 0 Å². The fourth-order valence-electron chi connectivity index (χ4n) is 3.51. The number of aliphatic imine (C=N–C) groups is 1. The fraction of sp³-hybridized carbons (Fsp3) is 0.476. The van der Waals surface area contributed by atoms with E-state index in [0.29, 0.717) is 5.92 Å². The normalized spacial score (nSPS) is 17.8. The van der Waals surface area contributed by atoms with Crippen LogP contribution in [0.5, 0.6) is 0 Å². The Labute approximate surface area is 156 Å². The maximum absolute atomic E-state index is 5.69. The zero-order valence-electron chi connectivity index (χ0n) is 15.8. The van der Waals surface area contributed by atoms with Gasteiger partial charge in [0.25, 0.3) is 0 Å². The predicted octanol–water partition coefficient (Wildman–Crippen LogP) is 3.39. The molecule has 0 radical (unpaired) electrons. The molecule has 0 bridgehead atoms. The summed E-state index contributed by atoms with van der Waals surface area (Å²) in [6.07, 6.45) is 4.28. The first-order valence-electron chi connectivity index (χ1n) is 9.55. The van der Waals surface area contributed by atoms with E-state index in [4.69, 9.17) is 4.42 Å². The number of likely N-dealkylation sites (tertiary alicyclic amines) is 1. The lowest BCUT2D eigenvalue weighted by Crippen LogP contribution is -2.43. The summed E-state index contributed by atoms with van der Waals surface area (Å²) in [5.74, 6) is 2.28. The predicted molar refractivity (Wildman–Crippen MR) is 106 cm³/mol. The molecule has 0 amide bonds. The lowest BCUT2D eigenvalue weighted by molar-refractivity contribution is 0.215. The first kappa shape index (κ1) is 18.5. The first-order chi connectivity index (χ1) is 12.8. The molecule has 140 valence electrons. The van der Waals surface area contributed by atoms with Crippen molar-refractivity contribution in [2.45, 2.75) is 31.7 Å². The van der Waals surface area contributed by atoms with E-state index in [9.17, 15) is 0 Å². The van der Waals surface area contributed by atoms with Crippen LogP contribution >= 0.6 is 0 Å². The minimum Gasteiger partial charge on any atom is -0.468 e. The third kappa shape index (κ3) is 4.88. The van der Waals surface area contributed by atoms with Crippen LogP contribution in [0.2, 0.25) is 0 Å². The molecule has 2 N–H and O–H groups in total. The number of nitrogens with one attached hydrogen (secondary N) is 2. The summed E-state index contributed by atoms with van der Waals surface area (Å²) in [6, 6.07) is 14.8. The molecule has 1 fully saturated rings. The minimum absolute atomic E-state index is 0.248. The topological polar surface area (TPSA) is 52.8 Å². The molecule has 5 nitrogen and oxygen atoms in total. The van der Waals surface area contributed by atoms with E-state index >= 15 is 0 Å². The lowest BCUT2D eigenvalue weighted by Gasteiger charge is -2.27. The van der Waals surface area contributed by atoms with Crippen LogP contribution in [-0.4, -0.2) is 44.1 Å². The monoisotopic (exact) mass is 354 g/mol. The molecule has 0 spiro atoms. The van der Waals surface area contributed by atoms with Crippen LogP contribution in [0.4, 0.5) is 0 Å². The SMILES string of the molecule is CN=C(NCC(C)c1ccccc1)NCC(c1ccco1)N1CCCC1. The molecule has 5 heteroatoms. The molecule has 2 atom stereocenters. The molecule has 0 saturated carbocycles. The van der Waals surface area contributed by atoms with Crippen molar-refractivity contribution < 1.29 is 4.42 Å². The van der Waals surface area contributed by atoms with Gasteiger partial charge >= 0.3 is 0 Å². The summed E-state index contributed by atoms with van der Waals surface area (Å²) in [4.78, 5) is 6.87. The molecule has 26 heavy (non-hydrogen) atoms. The van der Waals surface area contributed by atoms with Crippen LogP contribution in [0.1, 0.15) is 43.0 Å². The molecule has 1 aliphatic heterocycles. The van der Waals surface area contributed by atoms with Gasteiger partial charge in [0.1, 0.15) is 5.76 Å². The molecule has 0 aliphatic carbocycles. The lowest BCUT2D eigenvalue weighted by atomic mass is 10.0. The van der Waals surface area contributed by atoms with Crippen molar-refractivity contribution in [3.05, 3.63) is 60.1 Å². The first-order valence-corrected chi connectivity index (χ1v) is 9.55. The fourth-order valence-corrected chi connectivity index (χ4v) is 3.51. The smallest absolute Gasteiger partial charge is 0.191 e. The Hall–Kier alpha value is -2.27. The zero-order valence-corrected chi connectivity index (χ0v) is 15.8. The van der Waals surface area contributed by atoms with E-state index < -0.39 is 0 Å². The highest BCUT2D eigenvalue weighted by molar-refractivity contribution is 5.79. The van der Waals surface area contributed by atoms with Gasteiger partial charge in [-0.3, -0.25) is 9.89 Å². The highest BCUT2D eigenvalue weighted by Gasteiger charge is 2.25. The molecular weight excluding hydrogens is 324 g/mol. The third-order valence-electron chi connectivity index (χ3n) is 5.08. The highest BCUT2D eigenvalue weighted by atomic mass is 16.3. The standard InChI is InChI=1S/C21H30N4O/c1-17(18-9-4-3-5-10-18)15-23-21(22-2)24-16-19(20-11-8-14-26-20)25-12-6-7-13-25/h3-5,8-11,14,17,19H,6-7,12-13,15-16H2,1-2H3,(H2,22,23,24). The van der Waals surface area contributed by atoms with Crippen molar-refractivity contribution in [1.82, 2.24) is 15.5 Å². The van der Waals surface area contributed by atoms with Gasteiger partial charge in [-0.1, -0.05) is 37.3 Å². The number of benzene rings is 1. The van der Waals surface area contributed by atoms with E-state index in [1.165, 1.54) is 18.4 Å². The van der Waals surface area contributed by atoms with Crippen molar-refractivity contribution in [2.75, 3.05) is 33.2 Å². The van der Waals surface area contributed by atoms with Gasteiger partial charge in [0, 0.05) is 20.1 Å². The second-order valence-electron chi connectivity index (χ2n) is 6.92. The van der Waals surface area contributed by atoms with Gasteiger partial charge in [0.2, 0.25) is 0 Å². The molecule has 1 aromatic heterocycles. The number of nitrogens with zero attached hydrogens (tertiary/aromatic N) is 2. The van der Waals surface area contributed by atoms with Crippen LogP contribution in [0.3, 0.4) is 0 Å². The molecule has 1 aromatic carbocycles. The summed E-state index contributed by atoms with van der Waals surface area (Å²) in [5, 5.41) is 6.93. The Kier molecular flexibility index (Phi) is 6.72. The van der Waals surface area contributed by atoms with Crippen molar-refractivity contribution in [3.8, 4) is 0 Å². The number of hydrogen-bond acceptors (Lipinski definition) is 3. The highest BCUT2D eigenvalue weighted by Crippen LogP contribution is 2.24. The maximum atomic E-state index is 5.69. The molecule has 1 aliphatic rings. The summed E-state index contributed by atoms with van der Waals surface area (Å²) < 4.78 is 5.69. The quantitative estimate of drug-likeness (QED) is 0.591. The number of guanidine groups is 1. The van der Waals surface area contributed by atoms with Gasteiger partial charge in [-0.25, -0.2) is 0 Å². The van der Waals surface area contributed by atoms with Gasteiger partial charge in [-0.05, 0) is 49.5 Å². The van der Waals surface area contributed by atoms with Crippen LogP contribution in [0, 0.1) is 0 Å². The van der Waals surface area contributed by atoms with Crippen LogP contribution in [0.25, 0.3) is 0 Å². The molecule has 2 heterocycles. The Morgan fingerprint density at radius 1 is 1.08 bits per heavy atom. The van der Waals surface area contributed by atoms with Crippen molar-refractivity contribution >= 4 is 5.96 Å². The Morgan fingerprint density at radius 2 is 1.81 bits per heavy atom. The van der Waals surface area contributed by atoms with Gasteiger partial charge in [-0.2, -0.15) is 0 Å². The molecular formula is C21H30N4O. The summed E-state index contributed by atoms with van der Waals surface area (Å²) in [6.45, 7) is 6.12. The van der Waals surface area contributed by atoms with Crippen LogP contribution in [0.15, 0.2) is 58.1 Å². The van der Waals surface area contributed by atoms with E-state index in [2.05, 4.69) is 63.8 Å². The van der Waals surface area contributed by atoms with E-state index in [1.54, 1.807) is 6.26 Å². The van der Waals surface area contributed by atoms with Crippen molar-refractivity contribution in [1.29, 1.82) is 0 Å². The van der Waals surface area contributed by atoms with Crippen LogP contribution < -0.4 is 10.6 Å². The van der Waals surface area contributed by atoms with Crippen molar-refractivity contribution in [3.63, 3.8) is 0 Å². The average molecular weight is 354 g/mol. The van der Waals surface area contributed by atoms with Gasteiger partial charge in [0.15, 0.2) is 5.96 Å². The number of rotatable bonds is 7. The van der Waals surface area contributed by atoms with Gasteiger partial charge < -0.3 is 15.1 Å².